The number of rotatable bonds is 5. The van der Waals surface area contributed by atoms with Gasteiger partial charge in [-0.1, -0.05) is 19.9 Å². The number of hydrogen-bond acceptors (Lipinski definition) is 3. The maximum atomic E-state index is 11.5. The van der Waals surface area contributed by atoms with Crippen molar-refractivity contribution in [2.45, 2.75) is 45.8 Å². The highest BCUT2D eigenvalue weighted by molar-refractivity contribution is 6.73. The Morgan fingerprint density at radius 1 is 1.38 bits per heavy atom. The molecule has 0 fully saturated rings. The quantitative estimate of drug-likeness (QED) is 0.596. The van der Waals surface area contributed by atoms with E-state index in [1.807, 2.05) is 26.9 Å². The fourth-order valence-electron chi connectivity index (χ4n) is 0.777. The van der Waals surface area contributed by atoms with Crippen LogP contribution >= 0.6 is 0 Å². The summed E-state index contributed by atoms with van der Waals surface area (Å²) >= 11 is 0. The summed E-state index contributed by atoms with van der Waals surface area (Å²) in [6.45, 7) is 9.46. The molecule has 0 radical (unpaired) electrons. The molecular weight excluding hydrogens is 224 g/mol. The number of aliphatic carboxylic acids is 1. The molecule has 0 heterocycles. The number of hydrogen-bond donors (Lipinski definition) is 1. The van der Waals surface area contributed by atoms with Gasteiger partial charge in [0.25, 0.3) is 14.3 Å². The number of carbonyl (C=O) groups excluding carboxylic acids is 1. The zero-order chi connectivity index (χ0) is 12.9. The third-order valence-corrected chi connectivity index (χ3v) is 6.21. The van der Waals surface area contributed by atoms with Gasteiger partial charge in [-0.15, -0.1) is 0 Å². The van der Waals surface area contributed by atoms with Crippen LogP contribution in [0.1, 0.15) is 27.2 Å². The first-order valence-electron chi connectivity index (χ1n) is 5.28. The van der Waals surface area contributed by atoms with Crippen LogP contribution in [0.2, 0.25) is 18.6 Å². The lowest BCUT2D eigenvalue weighted by Gasteiger charge is -2.26. The van der Waals surface area contributed by atoms with Crippen LogP contribution in [-0.4, -0.2) is 25.4 Å². The first-order chi connectivity index (χ1) is 7.16. The summed E-state index contributed by atoms with van der Waals surface area (Å²) in [5.74, 6) is -1.35. The number of carbonyl (C=O) groups is 2. The smallest absolute Gasteiger partial charge is 0.330 e. The molecular formula is C11H20O4Si. The molecule has 0 aromatic rings. The number of carboxylic acid groups (broad SMARTS) is 1. The number of carboxylic acids is 1. The SMILES string of the molecule is CC(=CCC(=O)O[Si](C)(C)C(C)C)C(=O)O. The Hall–Kier alpha value is -1.10. The minimum atomic E-state index is -1.97. The second-order valence-corrected chi connectivity index (χ2v) is 9.19. The summed E-state index contributed by atoms with van der Waals surface area (Å²) in [5.41, 5.74) is 0.516. The van der Waals surface area contributed by atoms with Gasteiger partial charge in [0, 0.05) is 5.57 Å². The van der Waals surface area contributed by atoms with E-state index in [0.717, 1.165) is 0 Å². The summed E-state index contributed by atoms with van der Waals surface area (Å²) in [6, 6.07) is 0. The summed E-state index contributed by atoms with van der Waals surface area (Å²) in [5, 5.41) is 8.60. The molecule has 0 aliphatic heterocycles. The summed E-state index contributed by atoms with van der Waals surface area (Å²) in [7, 11) is -1.97. The van der Waals surface area contributed by atoms with Crippen molar-refractivity contribution in [3.05, 3.63) is 11.6 Å². The van der Waals surface area contributed by atoms with Crippen LogP contribution in [0, 0.1) is 0 Å². The Balaban J connectivity index is 4.31. The van der Waals surface area contributed by atoms with Crippen LogP contribution in [0.15, 0.2) is 11.6 Å². The van der Waals surface area contributed by atoms with Crippen molar-refractivity contribution in [2.24, 2.45) is 0 Å². The van der Waals surface area contributed by atoms with Gasteiger partial charge in [0.2, 0.25) is 0 Å². The van der Waals surface area contributed by atoms with Crippen molar-refractivity contribution in [3.63, 3.8) is 0 Å². The molecule has 0 spiro atoms. The summed E-state index contributed by atoms with van der Waals surface area (Å²) in [6.07, 6.45) is 1.41. The average Bonchev–Trinajstić information content (AvgIpc) is 2.12. The van der Waals surface area contributed by atoms with E-state index >= 15 is 0 Å². The van der Waals surface area contributed by atoms with Gasteiger partial charge in [0.1, 0.15) is 0 Å². The Morgan fingerprint density at radius 2 is 1.88 bits per heavy atom. The van der Waals surface area contributed by atoms with E-state index in [4.69, 9.17) is 9.53 Å². The molecule has 92 valence electrons. The van der Waals surface area contributed by atoms with E-state index in [0.29, 0.717) is 5.54 Å². The molecule has 4 nitrogen and oxygen atoms in total. The minimum absolute atomic E-state index is 0.0291. The second-order valence-electron chi connectivity index (χ2n) is 4.63. The molecule has 0 atom stereocenters. The van der Waals surface area contributed by atoms with Crippen molar-refractivity contribution in [1.29, 1.82) is 0 Å². The summed E-state index contributed by atoms with van der Waals surface area (Å²) in [4.78, 5) is 22.0. The molecule has 0 aromatic carbocycles. The molecule has 0 aromatic heterocycles. The van der Waals surface area contributed by atoms with Gasteiger partial charge in [0.15, 0.2) is 0 Å². The van der Waals surface area contributed by atoms with Gasteiger partial charge < -0.3 is 9.53 Å². The Morgan fingerprint density at radius 3 is 2.25 bits per heavy atom. The Kier molecular flexibility index (Phi) is 5.44. The van der Waals surface area contributed by atoms with Gasteiger partial charge in [0.05, 0.1) is 6.42 Å². The fourth-order valence-corrected chi connectivity index (χ4v) is 1.68. The van der Waals surface area contributed by atoms with Gasteiger partial charge >= 0.3 is 5.97 Å². The molecule has 0 saturated heterocycles. The van der Waals surface area contributed by atoms with E-state index in [2.05, 4.69) is 0 Å². The molecule has 0 amide bonds. The van der Waals surface area contributed by atoms with Crippen LogP contribution in [0.3, 0.4) is 0 Å². The Bertz CT molecular complexity index is 305. The van der Waals surface area contributed by atoms with E-state index in [-0.39, 0.29) is 18.0 Å². The molecule has 1 N–H and O–H groups in total. The third kappa shape index (κ3) is 5.11. The largest absolute Gasteiger partial charge is 0.519 e. The van der Waals surface area contributed by atoms with Crippen LogP contribution in [-0.2, 0) is 14.0 Å². The van der Waals surface area contributed by atoms with Gasteiger partial charge in [-0.05, 0) is 25.6 Å². The minimum Gasteiger partial charge on any atom is -0.519 e. The first kappa shape index (κ1) is 14.9. The molecule has 0 unspecified atom stereocenters. The predicted molar refractivity (Wildman–Crippen MR) is 64.7 cm³/mol. The molecule has 5 heteroatoms. The Labute approximate surface area is 97.4 Å². The van der Waals surface area contributed by atoms with E-state index in [1.54, 1.807) is 0 Å². The lowest BCUT2D eigenvalue weighted by molar-refractivity contribution is -0.134. The van der Waals surface area contributed by atoms with Crippen molar-refractivity contribution in [1.82, 2.24) is 0 Å². The van der Waals surface area contributed by atoms with Gasteiger partial charge in [-0.25, -0.2) is 4.79 Å². The van der Waals surface area contributed by atoms with Crippen molar-refractivity contribution < 1.29 is 19.1 Å². The highest BCUT2D eigenvalue weighted by Gasteiger charge is 2.30. The fraction of sp³-hybridized carbons (Fsp3) is 0.636. The second kappa shape index (κ2) is 5.84. The molecule has 0 aliphatic rings. The molecule has 16 heavy (non-hydrogen) atoms. The third-order valence-electron chi connectivity index (χ3n) is 2.68. The van der Waals surface area contributed by atoms with Crippen LogP contribution in [0.4, 0.5) is 0 Å². The monoisotopic (exact) mass is 244 g/mol. The maximum Gasteiger partial charge on any atom is 0.330 e. The van der Waals surface area contributed by atoms with Crippen LogP contribution in [0.25, 0.3) is 0 Å². The lowest BCUT2D eigenvalue weighted by atomic mass is 10.2. The zero-order valence-corrected chi connectivity index (χ0v) is 11.5. The zero-order valence-electron chi connectivity index (χ0n) is 10.5. The highest BCUT2D eigenvalue weighted by Crippen LogP contribution is 2.21. The van der Waals surface area contributed by atoms with E-state index in [1.165, 1.54) is 13.0 Å². The topological polar surface area (TPSA) is 63.6 Å². The van der Waals surface area contributed by atoms with E-state index in [9.17, 15) is 9.59 Å². The maximum absolute atomic E-state index is 11.5. The average molecular weight is 244 g/mol. The molecule has 0 rings (SSSR count). The first-order valence-corrected chi connectivity index (χ1v) is 8.27. The van der Waals surface area contributed by atoms with Crippen LogP contribution in [0.5, 0.6) is 0 Å². The van der Waals surface area contributed by atoms with Crippen molar-refractivity contribution in [3.8, 4) is 0 Å². The predicted octanol–water partition coefficient (Wildman–Crippen LogP) is 2.57. The lowest BCUT2D eigenvalue weighted by Crippen LogP contribution is -2.36. The van der Waals surface area contributed by atoms with Crippen molar-refractivity contribution >= 4 is 20.3 Å². The van der Waals surface area contributed by atoms with Crippen LogP contribution < -0.4 is 0 Å². The molecule has 0 saturated carbocycles. The molecule has 0 aliphatic carbocycles. The summed E-state index contributed by atoms with van der Waals surface area (Å²) < 4.78 is 5.39. The van der Waals surface area contributed by atoms with Crippen molar-refractivity contribution in [2.75, 3.05) is 0 Å². The van der Waals surface area contributed by atoms with Gasteiger partial charge in [-0.3, -0.25) is 4.79 Å². The van der Waals surface area contributed by atoms with E-state index < -0.39 is 14.3 Å². The molecule has 0 bridgehead atoms. The highest BCUT2D eigenvalue weighted by atomic mass is 28.4. The van der Waals surface area contributed by atoms with Gasteiger partial charge in [-0.2, -0.15) is 0 Å². The standard InChI is InChI=1S/C11H20O4Si/c1-8(2)16(4,5)15-10(12)7-6-9(3)11(13)14/h6,8H,7H2,1-5H3,(H,13,14). The normalized spacial score (nSPS) is 12.8.